The molecular formula is C12H15NS. The lowest BCUT2D eigenvalue weighted by molar-refractivity contribution is 1.41. The molecule has 0 radical (unpaired) electrons. The van der Waals surface area contributed by atoms with Gasteiger partial charge in [0.25, 0.3) is 0 Å². The zero-order valence-corrected chi connectivity index (χ0v) is 9.64. The van der Waals surface area contributed by atoms with Gasteiger partial charge in [0.1, 0.15) is 0 Å². The Morgan fingerprint density at radius 1 is 1.14 bits per heavy atom. The van der Waals surface area contributed by atoms with E-state index in [-0.39, 0.29) is 0 Å². The van der Waals surface area contributed by atoms with E-state index in [0.717, 1.165) is 0 Å². The van der Waals surface area contributed by atoms with E-state index in [9.17, 15) is 0 Å². The molecular weight excluding hydrogens is 190 g/mol. The molecule has 0 aliphatic rings. The molecule has 0 aliphatic carbocycles. The van der Waals surface area contributed by atoms with Crippen LogP contribution in [0.1, 0.15) is 19.4 Å². The van der Waals surface area contributed by atoms with Gasteiger partial charge in [0.15, 0.2) is 0 Å². The predicted octanol–water partition coefficient (Wildman–Crippen LogP) is 4.14. The van der Waals surface area contributed by atoms with Crippen molar-refractivity contribution in [3.05, 3.63) is 41.5 Å². The number of thiazole rings is 1. The summed E-state index contributed by atoms with van der Waals surface area (Å²) in [5.41, 5.74) is 4.46. The standard InChI is InChI=1S/C10H9NS.C2H6/c1-8-4-2-3-5-9(8)10-6-11-7-12-10;1-2/h2-7H,1H3;1-2H3. The second-order valence-corrected chi connectivity index (χ2v) is 3.57. The lowest BCUT2D eigenvalue weighted by Crippen LogP contribution is -1.77. The molecule has 0 aliphatic heterocycles. The Morgan fingerprint density at radius 3 is 2.43 bits per heavy atom. The smallest absolute Gasteiger partial charge is 0.0797 e. The van der Waals surface area contributed by atoms with Gasteiger partial charge in [-0.2, -0.15) is 0 Å². The maximum atomic E-state index is 4.06. The average Bonchev–Trinajstić information content (AvgIpc) is 2.75. The molecule has 2 aromatic rings. The van der Waals surface area contributed by atoms with Gasteiger partial charge in [0.05, 0.1) is 10.4 Å². The number of hydrogen-bond acceptors (Lipinski definition) is 2. The van der Waals surface area contributed by atoms with E-state index in [1.807, 2.05) is 25.6 Å². The topological polar surface area (TPSA) is 12.9 Å². The summed E-state index contributed by atoms with van der Waals surface area (Å²) >= 11 is 1.68. The molecule has 2 heteroatoms. The molecule has 0 atom stereocenters. The van der Waals surface area contributed by atoms with Gasteiger partial charge in [-0.15, -0.1) is 11.3 Å². The first kappa shape index (κ1) is 10.9. The molecule has 0 saturated carbocycles. The maximum absolute atomic E-state index is 4.06. The van der Waals surface area contributed by atoms with Crippen molar-refractivity contribution in [1.29, 1.82) is 0 Å². The van der Waals surface area contributed by atoms with Crippen LogP contribution in [0.2, 0.25) is 0 Å². The van der Waals surface area contributed by atoms with Crippen molar-refractivity contribution in [3.63, 3.8) is 0 Å². The molecule has 1 nitrogen and oxygen atoms in total. The van der Waals surface area contributed by atoms with Gasteiger partial charge >= 0.3 is 0 Å². The second kappa shape index (κ2) is 5.55. The van der Waals surface area contributed by atoms with E-state index in [0.29, 0.717) is 0 Å². The van der Waals surface area contributed by atoms with Gasteiger partial charge in [0.2, 0.25) is 0 Å². The fourth-order valence-corrected chi connectivity index (χ4v) is 1.91. The van der Waals surface area contributed by atoms with Crippen LogP contribution in [-0.2, 0) is 0 Å². The highest BCUT2D eigenvalue weighted by Crippen LogP contribution is 2.25. The Hall–Kier alpha value is -1.15. The summed E-state index contributed by atoms with van der Waals surface area (Å²) in [6, 6.07) is 8.36. The minimum absolute atomic E-state index is 1.24. The van der Waals surface area contributed by atoms with Crippen LogP contribution < -0.4 is 0 Å². The highest BCUT2D eigenvalue weighted by molar-refractivity contribution is 7.13. The second-order valence-electron chi connectivity index (χ2n) is 2.68. The molecule has 0 N–H and O–H groups in total. The van der Waals surface area contributed by atoms with Gasteiger partial charge < -0.3 is 0 Å². The van der Waals surface area contributed by atoms with Crippen molar-refractivity contribution in [3.8, 4) is 10.4 Å². The summed E-state index contributed by atoms with van der Waals surface area (Å²) in [6.45, 7) is 6.12. The first-order valence-corrected chi connectivity index (χ1v) is 5.70. The first-order valence-electron chi connectivity index (χ1n) is 4.82. The SMILES string of the molecule is CC.Cc1ccccc1-c1cncs1. The first-order chi connectivity index (χ1) is 6.88. The molecule has 0 amide bonds. The molecule has 2 rings (SSSR count). The third-order valence-electron chi connectivity index (χ3n) is 1.84. The minimum Gasteiger partial charge on any atom is -0.252 e. The Balaban J connectivity index is 0.000000461. The van der Waals surface area contributed by atoms with Crippen molar-refractivity contribution in [2.24, 2.45) is 0 Å². The fourth-order valence-electron chi connectivity index (χ4n) is 1.20. The quantitative estimate of drug-likeness (QED) is 0.681. The number of nitrogens with zero attached hydrogens (tertiary/aromatic N) is 1. The minimum atomic E-state index is 1.24. The van der Waals surface area contributed by atoms with Crippen LogP contribution in [0, 0.1) is 6.92 Å². The molecule has 0 bridgehead atoms. The highest BCUT2D eigenvalue weighted by Gasteiger charge is 2.00. The van der Waals surface area contributed by atoms with Crippen molar-refractivity contribution in [1.82, 2.24) is 4.98 Å². The highest BCUT2D eigenvalue weighted by atomic mass is 32.1. The van der Waals surface area contributed by atoms with E-state index in [2.05, 4.69) is 36.2 Å². The van der Waals surface area contributed by atoms with E-state index in [1.165, 1.54) is 16.0 Å². The number of rotatable bonds is 1. The number of aryl methyl sites for hydroxylation is 1. The van der Waals surface area contributed by atoms with Crippen molar-refractivity contribution in [2.75, 3.05) is 0 Å². The van der Waals surface area contributed by atoms with E-state index in [1.54, 1.807) is 11.3 Å². The summed E-state index contributed by atoms with van der Waals surface area (Å²) in [5.74, 6) is 0. The summed E-state index contributed by atoms with van der Waals surface area (Å²) in [4.78, 5) is 5.30. The van der Waals surface area contributed by atoms with Gasteiger partial charge in [-0.25, -0.2) is 0 Å². The van der Waals surface area contributed by atoms with Crippen LogP contribution in [0.25, 0.3) is 10.4 Å². The van der Waals surface area contributed by atoms with Crippen molar-refractivity contribution >= 4 is 11.3 Å². The maximum Gasteiger partial charge on any atom is 0.0797 e. The lowest BCUT2D eigenvalue weighted by Gasteiger charge is -1.99. The van der Waals surface area contributed by atoms with Gasteiger partial charge in [-0.3, -0.25) is 4.98 Å². The summed E-state index contributed by atoms with van der Waals surface area (Å²) in [5, 5.41) is 0. The van der Waals surface area contributed by atoms with Crippen LogP contribution in [0.15, 0.2) is 36.0 Å². The molecule has 0 fully saturated rings. The number of benzene rings is 1. The Morgan fingerprint density at radius 2 is 1.86 bits per heavy atom. The van der Waals surface area contributed by atoms with E-state index >= 15 is 0 Å². The summed E-state index contributed by atoms with van der Waals surface area (Å²) in [7, 11) is 0. The third-order valence-corrected chi connectivity index (χ3v) is 2.65. The molecule has 1 aromatic carbocycles. The molecule has 14 heavy (non-hydrogen) atoms. The molecule has 0 spiro atoms. The molecule has 0 unspecified atom stereocenters. The van der Waals surface area contributed by atoms with E-state index in [4.69, 9.17) is 0 Å². The monoisotopic (exact) mass is 205 g/mol. The Bertz CT molecular complexity index is 366. The molecule has 74 valence electrons. The fraction of sp³-hybridized carbons (Fsp3) is 0.250. The molecule has 0 saturated heterocycles. The zero-order valence-electron chi connectivity index (χ0n) is 8.82. The van der Waals surface area contributed by atoms with E-state index < -0.39 is 0 Å². The Kier molecular flexibility index (Phi) is 4.33. The van der Waals surface area contributed by atoms with Crippen LogP contribution in [0.4, 0.5) is 0 Å². The normalized spacial score (nSPS) is 9.07. The van der Waals surface area contributed by atoms with Gasteiger partial charge in [0, 0.05) is 6.20 Å². The Labute approximate surface area is 89.4 Å². The predicted molar refractivity (Wildman–Crippen MR) is 63.6 cm³/mol. The summed E-state index contributed by atoms with van der Waals surface area (Å²) < 4.78 is 0. The van der Waals surface area contributed by atoms with Crippen LogP contribution in [0.3, 0.4) is 0 Å². The van der Waals surface area contributed by atoms with Gasteiger partial charge in [-0.05, 0) is 18.1 Å². The number of hydrogen-bond donors (Lipinski definition) is 0. The lowest BCUT2D eigenvalue weighted by atomic mass is 10.1. The van der Waals surface area contributed by atoms with Crippen molar-refractivity contribution in [2.45, 2.75) is 20.8 Å². The largest absolute Gasteiger partial charge is 0.252 e. The zero-order chi connectivity index (χ0) is 10.4. The molecule has 1 heterocycles. The van der Waals surface area contributed by atoms with Crippen molar-refractivity contribution < 1.29 is 0 Å². The summed E-state index contributed by atoms with van der Waals surface area (Å²) in [6.07, 6.45) is 1.91. The average molecular weight is 205 g/mol. The van der Waals surface area contributed by atoms with Crippen LogP contribution in [-0.4, -0.2) is 4.98 Å². The van der Waals surface area contributed by atoms with Gasteiger partial charge in [-0.1, -0.05) is 38.1 Å². The third kappa shape index (κ3) is 2.42. The molecule has 1 aromatic heterocycles. The van der Waals surface area contributed by atoms with Crippen LogP contribution >= 0.6 is 11.3 Å². The number of aromatic nitrogens is 1. The van der Waals surface area contributed by atoms with Crippen LogP contribution in [0.5, 0.6) is 0 Å².